The van der Waals surface area contributed by atoms with Gasteiger partial charge >= 0.3 is 5.97 Å². The molecule has 7 heteroatoms. The Kier molecular flexibility index (Phi) is 4.31. The predicted octanol–water partition coefficient (Wildman–Crippen LogP) is 0.719. The minimum Gasteiger partial charge on any atom is -0.480 e. The smallest absolute Gasteiger partial charge is 0.322 e. The highest BCUT2D eigenvalue weighted by Crippen LogP contribution is 2.21. The van der Waals surface area contributed by atoms with Gasteiger partial charge < -0.3 is 15.7 Å². The standard InChI is InChI=1S/C14H12N4O3/c15-6-9-1-2-11-10(5-9)3-4-16-14(11)18-7-12(19)17-8-13(20)21/h1-5H,7-8H2,(H,16,18)(H,17,19)(H,20,21). The maximum absolute atomic E-state index is 11.4. The van der Waals surface area contributed by atoms with E-state index < -0.39 is 18.4 Å². The van der Waals surface area contributed by atoms with Crippen LogP contribution in [0.3, 0.4) is 0 Å². The van der Waals surface area contributed by atoms with Gasteiger partial charge in [0.1, 0.15) is 12.4 Å². The van der Waals surface area contributed by atoms with Gasteiger partial charge in [-0.05, 0) is 29.7 Å². The van der Waals surface area contributed by atoms with Crippen LogP contribution in [0.1, 0.15) is 5.56 Å². The number of carbonyl (C=O) groups is 2. The zero-order chi connectivity index (χ0) is 15.2. The predicted molar refractivity (Wildman–Crippen MR) is 75.6 cm³/mol. The maximum atomic E-state index is 11.4. The Balaban J connectivity index is 2.10. The van der Waals surface area contributed by atoms with Crippen molar-refractivity contribution in [2.24, 2.45) is 0 Å². The van der Waals surface area contributed by atoms with Gasteiger partial charge in [-0.25, -0.2) is 4.98 Å². The zero-order valence-electron chi connectivity index (χ0n) is 11.0. The number of nitrogens with zero attached hydrogens (tertiary/aromatic N) is 2. The van der Waals surface area contributed by atoms with E-state index in [0.717, 1.165) is 10.8 Å². The van der Waals surface area contributed by atoms with Crippen LogP contribution in [0.15, 0.2) is 30.5 Å². The number of hydrogen-bond acceptors (Lipinski definition) is 5. The highest BCUT2D eigenvalue weighted by molar-refractivity contribution is 5.94. The van der Waals surface area contributed by atoms with E-state index in [4.69, 9.17) is 10.4 Å². The first-order valence-electron chi connectivity index (χ1n) is 6.11. The Morgan fingerprint density at radius 3 is 2.81 bits per heavy atom. The molecule has 106 valence electrons. The first kappa shape index (κ1) is 14.3. The molecule has 0 unspecified atom stereocenters. The van der Waals surface area contributed by atoms with Crippen LogP contribution in [0, 0.1) is 11.3 Å². The fraction of sp³-hybridized carbons (Fsp3) is 0.143. The van der Waals surface area contributed by atoms with E-state index in [1.165, 1.54) is 0 Å². The molecule has 0 spiro atoms. The third kappa shape index (κ3) is 3.67. The number of carboxylic acids is 1. The van der Waals surface area contributed by atoms with Gasteiger partial charge in [0, 0.05) is 11.6 Å². The van der Waals surface area contributed by atoms with Crippen molar-refractivity contribution in [2.75, 3.05) is 18.4 Å². The van der Waals surface area contributed by atoms with Gasteiger partial charge in [-0.3, -0.25) is 9.59 Å². The summed E-state index contributed by atoms with van der Waals surface area (Å²) in [5, 5.41) is 24.0. The fourth-order valence-electron chi connectivity index (χ4n) is 1.79. The molecular formula is C14H12N4O3. The van der Waals surface area contributed by atoms with E-state index in [-0.39, 0.29) is 6.54 Å². The molecular weight excluding hydrogens is 272 g/mol. The summed E-state index contributed by atoms with van der Waals surface area (Å²) in [6.07, 6.45) is 1.57. The Hall–Kier alpha value is -3.14. The third-order valence-electron chi connectivity index (χ3n) is 2.75. The number of fused-ring (bicyclic) bond motifs is 1. The van der Waals surface area contributed by atoms with Crippen LogP contribution in [0.4, 0.5) is 5.82 Å². The highest BCUT2D eigenvalue weighted by Gasteiger charge is 2.07. The van der Waals surface area contributed by atoms with Crippen molar-refractivity contribution >= 4 is 28.5 Å². The second kappa shape index (κ2) is 6.34. The Morgan fingerprint density at radius 1 is 1.29 bits per heavy atom. The van der Waals surface area contributed by atoms with Gasteiger partial charge in [0.15, 0.2) is 0 Å². The lowest BCUT2D eigenvalue weighted by Gasteiger charge is -2.08. The van der Waals surface area contributed by atoms with Crippen LogP contribution in [0.2, 0.25) is 0 Å². The molecule has 0 atom stereocenters. The molecule has 1 aromatic carbocycles. The lowest BCUT2D eigenvalue weighted by Crippen LogP contribution is -2.34. The number of benzene rings is 1. The second-order valence-corrected chi connectivity index (χ2v) is 4.23. The molecule has 0 aliphatic rings. The Bertz CT molecular complexity index is 737. The number of pyridine rings is 1. The molecule has 1 amide bonds. The summed E-state index contributed by atoms with van der Waals surface area (Å²) in [7, 11) is 0. The number of nitriles is 1. The SMILES string of the molecule is N#Cc1ccc2c(NCC(=O)NCC(=O)O)nccc2c1. The molecule has 7 nitrogen and oxygen atoms in total. The summed E-state index contributed by atoms with van der Waals surface area (Å²) in [6.45, 7) is -0.506. The normalized spacial score (nSPS) is 9.86. The average molecular weight is 284 g/mol. The topological polar surface area (TPSA) is 115 Å². The van der Waals surface area contributed by atoms with E-state index >= 15 is 0 Å². The zero-order valence-corrected chi connectivity index (χ0v) is 11.0. The van der Waals surface area contributed by atoms with Crippen LogP contribution in [0.5, 0.6) is 0 Å². The number of aliphatic carboxylic acids is 1. The Morgan fingerprint density at radius 2 is 2.10 bits per heavy atom. The van der Waals surface area contributed by atoms with Crippen LogP contribution in [0.25, 0.3) is 10.8 Å². The van der Waals surface area contributed by atoms with Crippen molar-refractivity contribution in [3.05, 3.63) is 36.0 Å². The van der Waals surface area contributed by atoms with Crippen LogP contribution in [-0.4, -0.2) is 35.1 Å². The number of hydrogen-bond donors (Lipinski definition) is 3. The van der Waals surface area contributed by atoms with E-state index in [1.54, 1.807) is 30.5 Å². The minimum atomic E-state index is -1.10. The quantitative estimate of drug-likeness (QED) is 0.745. The number of aromatic nitrogens is 1. The van der Waals surface area contributed by atoms with Crippen molar-refractivity contribution in [3.63, 3.8) is 0 Å². The summed E-state index contributed by atoms with van der Waals surface area (Å²) in [5.74, 6) is -1.04. The summed E-state index contributed by atoms with van der Waals surface area (Å²) in [5.41, 5.74) is 0.541. The number of amides is 1. The molecule has 0 aliphatic carbocycles. The van der Waals surface area contributed by atoms with Gasteiger partial charge in [-0.15, -0.1) is 0 Å². The number of rotatable bonds is 5. The van der Waals surface area contributed by atoms with Crippen molar-refractivity contribution in [1.29, 1.82) is 5.26 Å². The molecule has 2 rings (SSSR count). The number of carboxylic acid groups (broad SMARTS) is 1. The lowest BCUT2D eigenvalue weighted by atomic mass is 10.1. The van der Waals surface area contributed by atoms with E-state index in [0.29, 0.717) is 11.4 Å². The van der Waals surface area contributed by atoms with E-state index in [9.17, 15) is 9.59 Å². The summed E-state index contributed by atoms with van der Waals surface area (Å²) < 4.78 is 0. The lowest BCUT2D eigenvalue weighted by molar-refractivity contribution is -0.137. The van der Waals surface area contributed by atoms with Crippen molar-refractivity contribution in [1.82, 2.24) is 10.3 Å². The Labute approximate surface area is 120 Å². The average Bonchev–Trinajstić information content (AvgIpc) is 2.50. The summed E-state index contributed by atoms with van der Waals surface area (Å²) in [6, 6.07) is 8.97. The van der Waals surface area contributed by atoms with Gasteiger partial charge in [0.25, 0.3) is 0 Å². The van der Waals surface area contributed by atoms with Gasteiger partial charge in [0.05, 0.1) is 18.2 Å². The molecule has 0 saturated heterocycles. The second-order valence-electron chi connectivity index (χ2n) is 4.23. The first-order chi connectivity index (χ1) is 10.1. The number of anilines is 1. The third-order valence-corrected chi connectivity index (χ3v) is 2.75. The molecule has 2 aromatic rings. The summed E-state index contributed by atoms with van der Waals surface area (Å²) >= 11 is 0. The molecule has 21 heavy (non-hydrogen) atoms. The molecule has 0 fully saturated rings. The molecule has 0 saturated carbocycles. The largest absolute Gasteiger partial charge is 0.480 e. The van der Waals surface area contributed by atoms with Crippen LogP contribution >= 0.6 is 0 Å². The fourth-order valence-corrected chi connectivity index (χ4v) is 1.79. The first-order valence-corrected chi connectivity index (χ1v) is 6.11. The van der Waals surface area contributed by atoms with Crippen molar-refractivity contribution in [2.45, 2.75) is 0 Å². The maximum Gasteiger partial charge on any atom is 0.322 e. The molecule has 1 aromatic heterocycles. The van der Waals surface area contributed by atoms with Gasteiger partial charge in [-0.1, -0.05) is 0 Å². The molecule has 0 aliphatic heterocycles. The van der Waals surface area contributed by atoms with Gasteiger partial charge in [-0.2, -0.15) is 5.26 Å². The number of carbonyl (C=O) groups excluding carboxylic acids is 1. The highest BCUT2D eigenvalue weighted by atomic mass is 16.4. The molecule has 0 radical (unpaired) electrons. The molecule has 0 bridgehead atoms. The van der Waals surface area contributed by atoms with E-state index in [1.807, 2.05) is 0 Å². The minimum absolute atomic E-state index is 0.0839. The van der Waals surface area contributed by atoms with Crippen molar-refractivity contribution in [3.8, 4) is 6.07 Å². The van der Waals surface area contributed by atoms with Crippen LogP contribution < -0.4 is 10.6 Å². The monoisotopic (exact) mass is 284 g/mol. The molecule has 3 N–H and O–H groups in total. The van der Waals surface area contributed by atoms with Crippen LogP contribution in [-0.2, 0) is 9.59 Å². The van der Waals surface area contributed by atoms with Gasteiger partial charge in [0.2, 0.25) is 5.91 Å². The summed E-state index contributed by atoms with van der Waals surface area (Å²) in [4.78, 5) is 25.9. The van der Waals surface area contributed by atoms with E-state index in [2.05, 4.69) is 21.7 Å². The molecule has 1 heterocycles. The number of nitrogens with one attached hydrogen (secondary N) is 2. The van der Waals surface area contributed by atoms with Crippen molar-refractivity contribution < 1.29 is 14.7 Å².